The largest absolute Gasteiger partial charge is 0.361 e. The van der Waals surface area contributed by atoms with Gasteiger partial charge in [0.2, 0.25) is 5.91 Å². The van der Waals surface area contributed by atoms with Crippen molar-refractivity contribution in [3.63, 3.8) is 0 Å². The molecule has 0 spiro atoms. The Balaban J connectivity index is 1.56. The summed E-state index contributed by atoms with van der Waals surface area (Å²) in [7, 11) is 1.91. The topological polar surface area (TPSA) is 62.7 Å². The molecule has 3 rings (SSSR count). The zero-order valence-electron chi connectivity index (χ0n) is 12.0. The molecule has 0 bridgehead atoms. The summed E-state index contributed by atoms with van der Waals surface area (Å²) in [6.45, 7) is 0.626. The van der Waals surface area contributed by atoms with Crippen LogP contribution in [-0.4, -0.2) is 27.2 Å². The lowest BCUT2D eigenvalue weighted by Crippen LogP contribution is -2.27. The summed E-state index contributed by atoms with van der Waals surface area (Å²) in [6, 6.07) is 9.98. The number of aromatic amines is 1. The minimum Gasteiger partial charge on any atom is -0.361 e. The summed E-state index contributed by atoms with van der Waals surface area (Å²) in [4.78, 5) is 15.2. The molecule has 0 unspecified atom stereocenters. The predicted molar refractivity (Wildman–Crippen MR) is 81.9 cm³/mol. The molecule has 0 saturated carbocycles. The van der Waals surface area contributed by atoms with E-state index in [1.165, 1.54) is 0 Å². The van der Waals surface area contributed by atoms with Crippen LogP contribution in [0.25, 0.3) is 10.9 Å². The molecular formula is C16H18N4O. The first kappa shape index (κ1) is 13.4. The maximum atomic E-state index is 12.0. The van der Waals surface area contributed by atoms with Crippen molar-refractivity contribution in [3.8, 4) is 0 Å². The van der Waals surface area contributed by atoms with Crippen LogP contribution in [0.3, 0.4) is 0 Å². The molecule has 0 radical (unpaired) electrons. The molecule has 5 nitrogen and oxygen atoms in total. The first-order valence-electron chi connectivity index (χ1n) is 7.02. The Hall–Kier alpha value is -2.56. The van der Waals surface area contributed by atoms with Crippen LogP contribution in [0, 0.1) is 0 Å². The van der Waals surface area contributed by atoms with Crippen LogP contribution < -0.4 is 5.32 Å². The Kier molecular flexibility index (Phi) is 3.73. The molecule has 108 valence electrons. The Morgan fingerprint density at radius 3 is 3.00 bits per heavy atom. The average molecular weight is 282 g/mol. The van der Waals surface area contributed by atoms with Gasteiger partial charge < -0.3 is 10.3 Å². The number of aryl methyl sites for hydroxylation is 1. The molecular weight excluding hydrogens is 264 g/mol. The second-order valence-corrected chi connectivity index (χ2v) is 5.08. The van der Waals surface area contributed by atoms with E-state index in [0.717, 1.165) is 28.6 Å². The van der Waals surface area contributed by atoms with E-state index >= 15 is 0 Å². The lowest BCUT2D eigenvalue weighted by molar-refractivity contribution is -0.120. The van der Waals surface area contributed by atoms with Gasteiger partial charge in [-0.15, -0.1) is 0 Å². The van der Waals surface area contributed by atoms with E-state index in [0.29, 0.717) is 13.0 Å². The van der Waals surface area contributed by atoms with Crippen LogP contribution in [0.2, 0.25) is 0 Å². The minimum atomic E-state index is 0.0434. The molecule has 2 N–H and O–H groups in total. The van der Waals surface area contributed by atoms with Crippen molar-refractivity contribution in [2.75, 3.05) is 6.54 Å². The molecule has 21 heavy (non-hydrogen) atoms. The van der Waals surface area contributed by atoms with Crippen LogP contribution >= 0.6 is 0 Å². The first-order chi connectivity index (χ1) is 10.2. The number of H-pyrrole nitrogens is 1. The monoisotopic (exact) mass is 282 g/mol. The number of rotatable bonds is 5. The lowest BCUT2D eigenvalue weighted by atomic mass is 10.1. The van der Waals surface area contributed by atoms with E-state index < -0.39 is 0 Å². The quantitative estimate of drug-likeness (QED) is 0.749. The van der Waals surface area contributed by atoms with Crippen molar-refractivity contribution in [2.45, 2.75) is 12.8 Å². The van der Waals surface area contributed by atoms with Gasteiger partial charge in [-0.2, -0.15) is 5.10 Å². The average Bonchev–Trinajstić information content (AvgIpc) is 3.07. The van der Waals surface area contributed by atoms with Crippen LogP contribution in [0.1, 0.15) is 11.3 Å². The van der Waals surface area contributed by atoms with Crippen molar-refractivity contribution in [3.05, 3.63) is 54.0 Å². The van der Waals surface area contributed by atoms with Crippen molar-refractivity contribution >= 4 is 16.8 Å². The Labute approximate surface area is 123 Å². The van der Waals surface area contributed by atoms with E-state index in [2.05, 4.69) is 15.4 Å². The normalized spacial score (nSPS) is 10.9. The zero-order valence-corrected chi connectivity index (χ0v) is 12.0. The second kappa shape index (κ2) is 5.83. The summed E-state index contributed by atoms with van der Waals surface area (Å²) in [6.07, 6.45) is 4.86. The number of hydrogen-bond donors (Lipinski definition) is 2. The van der Waals surface area contributed by atoms with Crippen molar-refractivity contribution in [2.24, 2.45) is 7.05 Å². The number of carbonyl (C=O) groups is 1. The van der Waals surface area contributed by atoms with Gasteiger partial charge in [0.1, 0.15) is 0 Å². The van der Waals surface area contributed by atoms with Gasteiger partial charge in [0.15, 0.2) is 0 Å². The summed E-state index contributed by atoms with van der Waals surface area (Å²) in [5, 5.41) is 8.18. The molecule has 0 aliphatic heterocycles. The van der Waals surface area contributed by atoms with Crippen LogP contribution in [0.4, 0.5) is 0 Å². The fourth-order valence-corrected chi connectivity index (χ4v) is 2.49. The molecule has 2 aromatic heterocycles. The fourth-order valence-electron chi connectivity index (χ4n) is 2.49. The van der Waals surface area contributed by atoms with Gasteiger partial charge in [0.25, 0.3) is 0 Å². The maximum absolute atomic E-state index is 12.0. The summed E-state index contributed by atoms with van der Waals surface area (Å²) in [5.41, 5.74) is 3.21. The van der Waals surface area contributed by atoms with Crippen LogP contribution in [0.15, 0.2) is 42.7 Å². The van der Waals surface area contributed by atoms with E-state index in [-0.39, 0.29) is 5.91 Å². The molecule has 0 fully saturated rings. The predicted octanol–water partition coefficient (Wildman–Crippen LogP) is 1.80. The number of benzene rings is 1. The number of para-hydroxylation sites is 1. The van der Waals surface area contributed by atoms with Gasteiger partial charge in [0.05, 0.1) is 6.42 Å². The lowest BCUT2D eigenvalue weighted by Gasteiger charge is -2.05. The highest BCUT2D eigenvalue weighted by Gasteiger charge is 2.08. The van der Waals surface area contributed by atoms with Gasteiger partial charge >= 0.3 is 0 Å². The van der Waals surface area contributed by atoms with Crippen LogP contribution in [0.5, 0.6) is 0 Å². The number of nitrogens with zero attached hydrogens (tertiary/aromatic N) is 2. The molecule has 1 amide bonds. The van der Waals surface area contributed by atoms with E-state index in [4.69, 9.17) is 0 Å². The molecule has 0 aliphatic carbocycles. The van der Waals surface area contributed by atoms with E-state index in [1.54, 1.807) is 6.20 Å². The van der Waals surface area contributed by atoms with Crippen molar-refractivity contribution in [1.29, 1.82) is 0 Å². The third kappa shape index (κ3) is 2.97. The highest BCUT2D eigenvalue weighted by atomic mass is 16.1. The summed E-state index contributed by atoms with van der Waals surface area (Å²) < 4.78 is 1.83. The standard InChI is InChI=1S/C16H18N4O/c1-20-13(7-9-19-20)6-8-17-16(21)10-12-11-18-15-5-3-2-4-14(12)15/h2-5,7,9,11,18H,6,8,10H2,1H3,(H,17,21). The Morgan fingerprint density at radius 2 is 2.19 bits per heavy atom. The van der Waals surface area contributed by atoms with Crippen molar-refractivity contribution < 1.29 is 4.79 Å². The third-order valence-electron chi connectivity index (χ3n) is 3.65. The van der Waals surface area contributed by atoms with Gasteiger partial charge in [-0.3, -0.25) is 9.48 Å². The number of nitrogens with one attached hydrogen (secondary N) is 2. The molecule has 3 aromatic rings. The molecule has 0 saturated heterocycles. The van der Waals surface area contributed by atoms with Crippen molar-refractivity contribution in [1.82, 2.24) is 20.1 Å². The van der Waals surface area contributed by atoms with E-state index in [9.17, 15) is 4.79 Å². The second-order valence-electron chi connectivity index (χ2n) is 5.08. The smallest absolute Gasteiger partial charge is 0.224 e. The SMILES string of the molecule is Cn1nccc1CCNC(=O)Cc1c[nH]c2ccccc12. The molecule has 0 atom stereocenters. The fraction of sp³-hybridized carbons (Fsp3) is 0.250. The third-order valence-corrected chi connectivity index (χ3v) is 3.65. The minimum absolute atomic E-state index is 0.0434. The summed E-state index contributed by atoms with van der Waals surface area (Å²) in [5.74, 6) is 0.0434. The number of aromatic nitrogens is 3. The number of amides is 1. The number of hydrogen-bond acceptors (Lipinski definition) is 2. The van der Waals surface area contributed by atoms with Crippen LogP contribution in [-0.2, 0) is 24.7 Å². The molecule has 2 heterocycles. The van der Waals surface area contributed by atoms with E-state index in [1.807, 2.05) is 48.3 Å². The Bertz CT molecular complexity index is 756. The molecule has 0 aliphatic rings. The number of carbonyl (C=O) groups excluding carboxylic acids is 1. The van der Waals surface area contributed by atoms with Gasteiger partial charge in [0, 0.05) is 49.0 Å². The summed E-state index contributed by atoms with van der Waals surface area (Å²) >= 11 is 0. The molecule has 1 aromatic carbocycles. The van der Waals surface area contributed by atoms with Gasteiger partial charge in [-0.1, -0.05) is 18.2 Å². The first-order valence-corrected chi connectivity index (χ1v) is 7.02. The maximum Gasteiger partial charge on any atom is 0.224 e. The van der Waals surface area contributed by atoms with Gasteiger partial charge in [-0.25, -0.2) is 0 Å². The molecule has 5 heteroatoms. The Morgan fingerprint density at radius 1 is 1.33 bits per heavy atom. The highest BCUT2D eigenvalue weighted by Crippen LogP contribution is 2.17. The zero-order chi connectivity index (χ0) is 14.7. The highest BCUT2D eigenvalue weighted by molar-refractivity contribution is 5.88. The van der Waals surface area contributed by atoms with Gasteiger partial charge in [-0.05, 0) is 17.7 Å². The number of fused-ring (bicyclic) bond motifs is 1.